The molecule has 1 rings (SSSR count). The number of rotatable bonds is 6. The van der Waals surface area contributed by atoms with Crippen LogP contribution in [0.4, 0.5) is 0 Å². The summed E-state index contributed by atoms with van der Waals surface area (Å²) in [7, 11) is 0. The predicted octanol–water partition coefficient (Wildman–Crippen LogP) is 3.99. The normalized spacial score (nSPS) is 19.0. The Kier molecular flexibility index (Phi) is 6.61. The number of hydrogen-bond donors (Lipinski definition) is 0. The van der Waals surface area contributed by atoms with Gasteiger partial charge in [0.15, 0.2) is 0 Å². The molecular formula is C15H29NO. The highest BCUT2D eigenvalue weighted by atomic mass is 16.2. The van der Waals surface area contributed by atoms with E-state index in [9.17, 15) is 4.79 Å². The van der Waals surface area contributed by atoms with Crippen molar-refractivity contribution in [3.63, 3.8) is 0 Å². The van der Waals surface area contributed by atoms with Crippen molar-refractivity contribution in [2.24, 2.45) is 5.92 Å². The van der Waals surface area contributed by atoms with Crippen molar-refractivity contribution in [1.82, 2.24) is 4.90 Å². The molecule has 1 atom stereocenters. The molecule has 0 radical (unpaired) electrons. The Morgan fingerprint density at radius 1 is 1.24 bits per heavy atom. The van der Waals surface area contributed by atoms with E-state index >= 15 is 0 Å². The molecule has 1 aliphatic rings. The van der Waals surface area contributed by atoms with E-state index in [0.717, 1.165) is 32.2 Å². The summed E-state index contributed by atoms with van der Waals surface area (Å²) in [5, 5.41) is 0. The van der Waals surface area contributed by atoms with E-state index in [1.807, 2.05) is 0 Å². The Balaban J connectivity index is 2.56. The largest absolute Gasteiger partial charge is 0.340 e. The summed E-state index contributed by atoms with van der Waals surface area (Å²) in [4.78, 5) is 14.7. The monoisotopic (exact) mass is 239 g/mol. The first-order chi connectivity index (χ1) is 8.20. The van der Waals surface area contributed by atoms with Crippen LogP contribution >= 0.6 is 0 Å². The van der Waals surface area contributed by atoms with Gasteiger partial charge in [-0.25, -0.2) is 0 Å². The van der Waals surface area contributed by atoms with Crippen molar-refractivity contribution in [3.05, 3.63) is 0 Å². The van der Waals surface area contributed by atoms with E-state index in [-0.39, 0.29) is 0 Å². The average Bonchev–Trinajstić information content (AvgIpc) is 2.39. The molecule has 0 aromatic rings. The van der Waals surface area contributed by atoms with Crippen molar-refractivity contribution < 1.29 is 4.79 Å². The fourth-order valence-electron chi connectivity index (χ4n) is 2.68. The Labute approximate surface area is 107 Å². The zero-order valence-electron chi connectivity index (χ0n) is 11.9. The molecule has 0 spiro atoms. The Morgan fingerprint density at radius 3 is 2.41 bits per heavy atom. The van der Waals surface area contributed by atoms with Gasteiger partial charge in [-0.2, -0.15) is 0 Å². The predicted molar refractivity (Wildman–Crippen MR) is 72.9 cm³/mol. The fraction of sp³-hybridized carbons (Fsp3) is 0.933. The van der Waals surface area contributed by atoms with E-state index in [1.54, 1.807) is 0 Å². The lowest BCUT2D eigenvalue weighted by molar-refractivity contribution is -0.138. The van der Waals surface area contributed by atoms with Gasteiger partial charge in [0.25, 0.3) is 0 Å². The lowest BCUT2D eigenvalue weighted by Gasteiger charge is -2.33. The maximum atomic E-state index is 12.5. The zero-order valence-corrected chi connectivity index (χ0v) is 11.9. The van der Waals surface area contributed by atoms with Gasteiger partial charge >= 0.3 is 0 Å². The zero-order chi connectivity index (χ0) is 12.7. The van der Waals surface area contributed by atoms with Crippen LogP contribution in [0.2, 0.25) is 0 Å². The number of amides is 1. The third kappa shape index (κ3) is 4.33. The molecule has 1 fully saturated rings. The summed E-state index contributed by atoms with van der Waals surface area (Å²) in [6.45, 7) is 7.52. The molecule has 0 heterocycles. The van der Waals surface area contributed by atoms with Crippen molar-refractivity contribution >= 4 is 5.91 Å². The maximum absolute atomic E-state index is 12.5. The molecule has 0 N–H and O–H groups in total. The highest BCUT2D eigenvalue weighted by Crippen LogP contribution is 2.26. The van der Waals surface area contributed by atoms with Crippen LogP contribution in [0.25, 0.3) is 0 Å². The summed E-state index contributed by atoms with van der Waals surface area (Å²) in [6, 6.07) is 0.413. The molecule has 0 aromatic carbocycles. The molecule has 1 aliphatic carbocycles. The molecule has 1 saturated carbocycles. The van der Waals surface area contributed by atoms with Crippen LogP contribution in [0.5, 0.6) is 0 Å². The molecule has 1 amide bonds. The molecule has 0 bridgehead atoms. The third-order valence-corrected chi connectivity index (χ3v) is 4.11. The van der Waals surface area contributed by atoms with Gasteiger partial charge in [-0.3, -0.25) is 4.79 Å². The highest BCUT2D eigenvalue weighted by Gasteiger charge is 2.27. The molecule has 1 unspecified atom stereocenters. The van der Waals surface area contributed by atoms with Crippen molar-refractivity contribution in [2.45, 2.75) is 78.2 Å². The second-order valence-corrected chi connectivity index (χ2v) is 5.48. The minimum atomic E-state index is 0.328. The van der Waals surface area contributed by atoms with Crippen LogP contribution < -0.4 is 0 Å². The van der Waals surface area contributed by atoms with Gasteiger partial charge in [0.05, 0.1) is 0 Å². The molecule has 0 saturated heterocycles. The number of carbonyl (C=O) groups excluding carboxylic acids is 1. The minimum Gasteiger partial charge on any atom is -0.340 e. The first-order valence-corrected chi connectivity index (χ1v) is 7.51. The Hall–Kier alpha value is -0.530. The quantitative estimate of drug-likeness (QED) is 0.686. The van der Waals surface area contributed by atoms with E-state index < -0.39 is 0 Å². The number of unbranched alkanes of at least 4 members (excludes halogenated alkanes) is 1. The first kappa shape index (κ1) is 14.5. The van der Waals surface area contributed by atoms with Gasteiger partial charge in [0.1, 0.15) is 0 Å². The first-order valence-electron chi connectivity index (χ1n) is 7.51. The molecular weight excluding hydrogens is 210 g/mol. The summed E-state index contributed by atoms with van der Waals surface area (Å²) in [5.74, 6) is 0.766. The average molecular weight is 239 g/mol. The summed E-state index contributed by atoms with van der Waals surface area (Å²) in [6.07, 6.45) is 9.45. The molecule has 2 heteroatoms. The van der Waals surface area contributed by atoms with Gasteiger partial charge in [-0.15, -0.1) is 0 Å². The smallest absolute Gasteiger partial charge is 0.225 e. The maximum Gasteiger partial charge on any atom is 0.225 e. The van der Waals surface area contributed by atoms with E-state index in [0.29, 0.717) is 17.9 Å². The van der Waals surface area contributed by atoms with Gasteiger partial charge in [0.2, 0.25) is 5.91 Å². The molecule has 17 heavy (non-hydrogen) atoms. The lowest BCUT2D eigenvalue weighted by atomic mass is 9.88. The summed E-state index contributed by atoms with van der Waals surface area (Å²) < 4.78 is 0. The van der Waals surface area contributed by atoms with E-state index in [4.69, 9.17) is 0 Å². The fourth-order valence-corrected chi connectivity index (χ4v) is 2.68. The van der Waals surface area contributed by atoms with Gasteiger partial charge in [-0.1, -0.05) is 39.5 Å². The number of nitrogens with zero attached hydrogens (tertiary/aromatic N) is 1. The highest BCUT2D eigenvalue weighted by molar-refractivity contribution is 5.79. The van der Waals surface area contributed by atoms with Crippen LogP contribution in [0, 0.1) is 5.92 Å². The van der Waals surface area contributed by atoms with Crippen molar-refractivity contribution in [2.75, 3.05) is 6.54 Å². The SMILES string of the molecule is CCCCN(C(=O)C1CCCCC1)C(C)CC. The van der Waals surface area contributed by atoms with Crippen LogP contribution in [0.1, 0.15) is 72.1 Å². The minimum absolute atomic E-state index is 0.328. The van der Waals surface area contributed by atoms with E-state index in [1.165, 1.54) is 25.7 Å². The summed E-state index contributed by atoms with van der Waals surface area (Å²) in [5.41, 5.74) is 0. The lowest BCUT2D eigenvalue weighted by Crippen LogP contribution is -2.43. The molecule has 2 nitrogen and oxygen atoms in total. The second kappa shape index (κ2) is 7.73. The van der Waals surface area contributed by atoms with Crippen LogP contribution in [-0.2, 0) is 4.79 Å². The van der Waals surface area contributed by atoms with Crippen molar-refractivity contribution in [3.8, 4) is 0 Å². The van der Waals surface area contributed by atoms with Crippen molar-refractivity contribution in [1.29, 1.82) is 0 Å². The van der Waals surface area contributed by atoms with Crippen LogP contribution in [-0.4, -0.2) is 23.4 Å². The van der Waals surface area contributed by atoms with Crippen LogP contribution in [0.15, 0.2) is 0 Å². The molecule has 100 valence electrons. The number of carbonyl (C=O) groups is 1. The third-order valence-electron chi connectivity index (χ3n) is 4.11. The Bertz CT molecular complexity index is 221. The standard InChI is InChI=1S/C15H29NO/c1-4-6-12-16(13(3)5-2)15(17)14-10-8-7-9-11-14/h13-14H,4-12H2,1-3H3. The topological polar surface area (TPSA) is 20.3 Å². The van der Waals surface area contributed by atoms with Gasteiger partial charge in [-0.05, 0) is 32.6 Å². The second-order valence-electron chi connectivity index (χ2n) is 5.48. The number of hydrogen-bond acceptors (Lipinski definition) is 1. The summed E-state index contributed by atoms with van der Waals surface area (Å²) >= 11 is 0. The molecule has 0 aliphatic heterocycles. The van der Waals surface area contributed by atoms with Crippen LogP contribution in [0.3, 0.4) is 0 Å². The van der Waals surface area contributed by atoms with Gasteiger partial charge < -0.3 is 4.90 Å². The van der Waals surface area contributed by atoms with E-state index in [2.05, 4.69) is 25.7 Å². The molecule has 0 aromatic heterocycles. The Morgan fingerprint density at radius 2 is 1.88 bits per heavy atom. The van der Waals surface area contributed by atoms with Gasteiger partial charge in [0, 0.05) is 18.5 Å².